The lowest BCUT2D eigenvalue weighted by Gasteiger charge is -2.15. The minimum atomic E-state index is -0.0771. The largest absolute Gasteiger partial charge is 0.395 e. The van der Waals surface area contributed by atoms with Gasteiger partial charge < -0.3 is 15.3 Å². The molecule has 1 aromatic carbocycles. The van der Waals surface area contributed by atoms with E-state index in [1.807, 2.05) is 19.2 Å². The maximum Gasteiger partial charge on any atom is 0.253 e. The first kappa shape index (κ1) is 11.5. The normalized spacial score (nSPS) is 9.80. The van der Waals surface area contributed by atoms with Crippen LogP contribution >= 0.6 is 0 Å². The Morgan fingerprint density at radius 3 is 2.47 bits per heavy atom. The van der Waals surface area contributed by atoms with Crippen molar-refractivity contribution >= 4 is 11.6 Å². The number of benzene rings is 1. The van der Waals surface area contributed by atoms with Gasteiger partial charge in [-0.05, 0) is 24.3 Å². The summed E-state index contributed by atoms with van der Waals surface area (Å²) >= 11 is 0. The zero-order valence-electron chi connectivity index (χ0n) is 9.03. The summed E-state index contributed by atoms with van der Waals surface area (Å²) in [7, 11) is 3.50. The molecule has 0 aliphatic heterocycles. The van der Waals surface area contributed by atoms with Gasteiger partial charge in [0, 0.05) is 31.9 Å². The van der Waals surface area contributed by atoms with E-state index in [0.29, 0.717) is 12.1 Å². The predicted octanol–water partition coefficient (Wildman–Crippen LogP) is 0.793. The van der Waals surface area contributed by atoms with E-state index in [-0.39, 0.29) is 12.5 Å². The van der Waals surface area contributed by atoms with Crippen LogP contribution in [0, 0.1) is 0 Å². The summed E-state index contributed by atoms with van der Waals surface area (Å²) in [6.07, 6.45) is 0. The zero-order valence-corrected chi connectivity index (χ0v) is 9.03. The summed E-state index contributed by atoms with van der Waals surface area (Å²) in [6, 6.07) is 7.23. The number of aliphatic hydroxyl groups is 1. The van der Waals surface area contributed by atoms with E-state index in [4.69, 9.17) is 5.11 Å². The van der Waals surface area contributed by atoms with Crippen LogP contribution in [-0.4, -0.2) is 43.2 Å². The highest BCUT2D eigenvalue weighted by molar-refractivity contribution is 5.94. The van der Waals surface area contributed by atoms with Crippen molar-refractivity contribution in [3.8, 4) is 0 Å². The van der Waals surface area contributed by atoms with Gasteiger partial charge in [0.25, 0.3) is 5.91 Å². The number of anilines is 1. The number of nitrogens with one attached hydrogen (secondary N) is 1. The number of hydrogen-bond acceptors (Lipinski definition) is 3. The Hall–Kier alpha value is -1.55. The van der Waals surface area contributed by atoms with Gasteiger partial charge >= 0.3 is 0 Å². The van der Waals surface area contributed by atoms with Crippen LogP contribution in [0.15, 0.2) is 24.3 Å². The van der Waals surface area contributed by atoms with Crippen LogP contribution in [0.3, 0.4) is 0 Å². The van der Waals surface area contributed by atoms with Crippen molar-refractivity contribution in [3.05, 3.63) is 29.8 Å². The Kier molecular flexibility index (Phi) is 4.12. The molecule has 0 aromatic heterocycles. The molecule has 15 heavy (non-hydrogen) atoms. The minimum Gasteiger partial charge on any atom is -0.395 e. The van der Waals surface area contributed by atoms with Crippen molar-refractivity contribution in [2.24, 2.45) is 0 Å². The summed E-state index contributed by atoms with van der Waals surface area (Å²) < 4.78 is 0. The van der Waals surface area contributed by atoms with Crippen molar-refractivity contribution in [2.45, 2.75) is 0 Å². The second-order valence-corrected chi connectivity index (χ2v) is 3.28. The molecule has 0 radical (unpaired) electrons. The average Bonchev–Trinajstić information content (AvgIpc) is 2.28. The van der Waals surface area contributed by atoms with E-state index >= 15 is 0 Å². The Labute approximate surface area is 89.5 Å². The van der Waals surface area contributed by atoms with E-state index in [1.54, 1.807) is 19.2 Å². The molecule has 2 N–H and O–H groups in total. The molecular formula is C11H16N2O2. The van der Waals surface area contributed by atoms with Crippen LogP contribution in [0.25, 0.3) is 0 Å². The van der Waals surface area contributed by atoms with E-state index in [0.717, 1.165) is 5.69 Å². The lowest BCUT2D eigenvalue weighted by molar-refractivity contribution is 0.0767. The highest BCUT2D eigenvalue weighted by atomic mass is 16.3. The monoisotopic (exact) mass is 208 g/mol. The van der Waals surface area contributed by atoms with Gasteiger partial charge in [0.2, 0.25) is 0 Å². The average molecular weight is 208 g/mol. The number of hydrogen-bond donors (Lipinski definition) is 2. The number of aliphatic hydroxyl groups excluding tert-OH is 1. The van der Waals surface area contributed by atoms with Gasteiger partial charge in [-0.2, -0.15) is 0 Å². The van der Waals surface area contributed by atoms with Crippen molar-refractivity contribution in [3.63, 3.8) is 0 Å². The highest BCUT2D eigenvalue weighted by Gasteiger charge is 2.10. The number of carbonyl (C=O) groups excluding carboxylic acids is 1. The fourth-order valence-electron chi connectivity index (χ4n) is 1.25. The predicted molar refractivity (Wildman–Crippen MR) is 60.0 cm³/mol. The first-order valence-electron chi connectivity index (χ1n) is 4.83. The fourth-order valence-corrected chi connectivity index (χ4v) is 1.25. The molecule has 0 aliphatic rings. The number of amides is 1. The van der Waals surface area contributed by atoms with Crippen LogP contribution < -0.4 is 5.32 Å². The number of nitrogens with zero attached hydrogens (tertiary/aromatic N) is 1. The zero-order chi connectivity index (χ0) is 11.3. The molecule has 4 heteroatoms. The van der Waals surface area contributed by atoms with Crippen LogP contribution in [0.1, 0.15) is 10.4 Å². The van der Waals surface area contributed by atoms with E-state index < -0.39 is 0 Å². The molecule has 0 unspecified atom stereocenters. The van der Waals surface area contributed by atoms with Gasteiger partial charge in [0.15, 0.2) is 0 Å². The van der Waals surface area contributed by atoms with Crippen LogP contribution in [0.5, 0.6) is 0 Å². The number of carbonyl (C=O) groups is 1. The second-order valence-electron chi connectivity index (χ2n) is 3.28. The number of likely N-dealkylation sites (N-methyl/N-ethyl adjacent to an activating group) is 1. The summed E-state index contributed by atoms with van der Waals surface area (Å²) in [5.74, 6) is -0.0771. The molecule has 1 aromatic rings. The minimum absolute atomic E-state index is 0.0170. The van der Waals surface area contributed by atoms with Gasteiger partial charge in [-0.15, -0.1) is 0 Å². The van der Waals surface area contributed by atoms with Gasteiger partial charge in [0.05, 0.1) is 6.61 Å². The molecule has 0 aliphatic carbocycles. The Balaban J connectivity index is 2.73. The standard InChI is InChI=1S/C11H16N2O2/c1-12-10-5-3-9(4-6-10)11(15)13(2)7-8-14/h3-6,12,14H,7-8H2,1-2H3. The van der Waals surface area contributed by atoms with E-state index in [1.165, 1.54) is 4.90 Å². The van der Waals surface area contributed by atoms with Crippen molar-refractivity contribution in [1.82, 2.24) is 4.90 Å². The van der Waals surface area contributed by atoms with E-state index in [2.05, 4.69) is 5.32 Å². The quantitative estimate of drug-likeness (QED) is 0.769. The second kappa shape index (κ2) is 5.36. The molecule has 82 valence electrons. The number of rotatable bonds is 4. The van der Waals surface area contributed by atoms with Crippen molar-refractivity contribution < 1.29 is 9.90 Å². The Morgan fingerprint density at radius 1 is 1.40 bits per heavy atom. The topological polar surface area (TPSA) is 52.6 Å². The van der Waals surface area contributed by atoms with Gasteiger partial charge in [-0.3, -0.25) is 4.79 Å². The molecule has 4 nitrogen and oxygen atoms in total. The smallest absolute Gasteiger partial charge is 0.253 e. The lowest BCUT2D eigenvalue weighted by atomic mass is 10.2. The molecule has 1 rings (SSSR count). The molecule has 0 bridgehead atoms. The summed E-state index contributed by atoms with van der Waals surface area (Å²) in [6.45, 7) is 0.337. The van der Waals surface area contributed by atoms with Crippen molar-refractivity contribution in [1.29, 1.82) is 0 Å². The SMILES string of the molecule is CNc1ccc(C(=O)N(C)CCO)cc1. The first-order chi connectivity index (χ1) is 7.19. The summed E-state index contributed by atoms with van der Waals surface area (Å²) in [5, 5.41) is 11.7. The van der Waals surface area contributed by atoms with Gasteiger partial charge in [-0.1, -0.05) is 0 Å². The Morgan fingerprint density at radius 2 is 2.00 bits per heavy atom. The molecule has 0 heterocycles. The summed E-state index contributed by atoms with van der Waals surface area (Å²) in [5.41, 5.74) is 1.60. The molecular weight excluding hydrogens is 192 g/mol. The highest BCUT2D eigenvalue weighted by Crippen LogP contribution is 2.10. The lowest BCUT2D eigenvalue weighted by Crippen LogP contribution is -2.29. The summed E-state index contributed by atoms with van der Waals surface area (Å²) in [4.78, 5) is 13.2. The Bertz CT molecular complexity index is 322. The molecule has 0 spiro atoms. The van der Waals surface area contributed by atoms with Crippen LogP contribution in [-0.2, 0) is 0 Å². The third kappa shape index (κ3) is 2.95. The third-order valence-electron chi connectivity index (χ3n) is 2.20. The van der Waals surface area contributed by atoms with Crippen LogP contribution in [0.2, 0.25) is 0 Å². The van der Waals surface area contributed by atoms with Gasteiger partial charge in [0.1, 0.15) is 0 Å². The maximum absolute atomic E-state index is 11.7. The van der Waals surface area contributed by atoms with Crippen molar-refractivity contribution in [2.75, 3.05) is 32.6 Å². The van der Waals surface area contributed by atoms with Crippen LogP contribution in [0.4, 0.5) is 5.69 Å². The molecule has 0 saturated carbocycles. The third-order valence-corrected chi connectivity index (χ3v) is 2.20. The van der Waals surface area contributed by atoms with Gasteiger partial charge in [-0.25, -0.2) is 0 Å². The molecule has 0 fully saturated rings. The fraction of sp³-hybridized carbons (Fsp3) is 0.364. The first-order valence-corrected chi connectivity index (χ1v) is 4.83. The molecule has 0 saturated heterocycles. The molecule has 1 amide bonds. The maximum atomic E-state index is 11.7. The van der Waals surface area contributed by atoms with E-state index in [9.17, 15) is 4.79 Å². The molecule has 0 atom stereocenters.